The summed E-state index contributed by atoms with van der Waals surface area (Å²) < 4.78 is 3.02. The van der Waals surface area contributed by atoms with E-state index in [0.29, 0.717) is 0 Å². The average Bonchev–Trinajstić information content (AvgIpc) is 2.60. The van der Waals surface area contributed by atoms with Crippen LogP contribution in [-0.4, -0.2) is 0 Å². The number of hydrogen-bond acceptors (Lipinski definition) is 0. The average molecular weight is 421 g/mol. The van der Waals surface area contributed by atoms with Crippen molar-refractivity contribution in [2.45, 2.75) is 64.7 Å². The van der Waals surface area contributed by atoms with E-state index in [4.69, 9.17) is 0 Å². The van der Waals surface area contributed by atoms with Gasteiger partial charge in [-0.05, 0) is 0 Å². The number of aryl methyl sites for hydroxylation is 1. The molecule has 0 amide bonds. The first-order valence-corrected chi connectivity index (χ1v) is 11.3. The summed E-state index contributed by atoms with van der Waals surface area (Å²) in [5.41, 5.74) is 1.51. The Morgan fingerprint density at radius 2 is 1.17 bits per heavy atom. The summed E-state index contributed by atoms with van der Waals surface area (Å²) in [5, 5.41) is 0. The minimum atomic E-state index is -0.0116. The molecule has 0 unspecified atom stereocenters. The number of rotatable bonds is 11. The van der Waals surface area contributed by atoms with Gasteiger partial charge in [0.1, 0.15) is 0 Å². The molecule has 0 radical (unpaired) electrons. The second-order valence-corrected chi connectivity index (χ2v) is 9.27. The van der Waals surface area contributed by atoms with E-state index < -0.39 is 0 Å². The molecule has 0 nitrogen and oxygen atoms in total. The fraction of sp³-hybridized carbons (Fsp3) is 0.455. The molecule has 0 aromatic heterocycles. The van der Waals surface area contributed by atoms with E-state index in [1.165, 1.54) is 70.5 Å². The van der Waals surface area contributed by atoms with Gasteiger partial charge in [-0.25, -0.2) is 0 Å². The first kappa shape index (κ1) is 18.5. The van der Waals surface area contributed by atoms with Crippen molar-refractivity contribution < 1.29 is 21.2 Å². The zero-order chi connectivity index (χ0) is 16.2. The van der Waals surface area contributed by atoms with Crippen LogP contribution in [0.15, 0.2) is 54.6 Å². The Bertz CT molecular complexity index is 515. The molecule has 0 bridgehead atoms. The summed E-state index contributed by atoms with van der Waals surface area (Å²) in [6, 6.07) is 20.3. The van der Waals surface area contributed by atoms with Crippen LogP contribution in [-0.2, 0) is 6.42 Å². The monoisotopic (exact) mass is 421 g/mol. The Balaban J connectivity index is 1.61. The molecule has 0 aliphatic carbocycles. The van der Waals surface area contributed by atoms with Crippen LogP contribution in [0.25, 0.3) is 0 Å². The minimum absolute atomic E-state index is 0.0116. The molecular weight excluding hydrogens is 391 g/mol. The van der Waals surface area contributed by atoms with Crippen LogP contribution >= 0.6 is 0 Å². The van der Waals surface area contributed by atoms with Crippen LogP contribution in [0.5, 0.6) is 0 Å². The molecule has 2 aromatic rings. The second-order valence-electron chi connectivity index (χ2n) is 6.24. The van der Waals surface area contributed by atoms with Gasteiger partial charge in [-0.15, -0.1) is 0 Å². The molecule has 0 aliphatic rings. The van der Waals surface area contributed by atoms with Crippen molar-refractivity contribution in [3.05, 3.63) is 67.3 Å². The van der Waals surface area contributed by atoms with E-state index in [1.807, 2.05) is 0 Å². The molecule has 0 saturated carbocycles. The van der Waals surface area contributed by atoms with Crippen molar-refractivity contribution in [1.29, 1.82) is 0 Å². The van der Waals surface area contributed by atoms with Crippen LogP contribution < -0.4 is 21.2 Å². The Kier molecular flexibility index (Phi) is 9.39. The van der Waals surface area contributed by atoms with E-state index in [1.54, 1.807) is 0 Å². The maximum atomic E-state index is 2.35. The first-order valence-electron chi connectivity index (χ1n) is 9.17. The molecule has 2 aromatic carbocycles. The van der Waals surface area contributed by atoms with Gasteiger partial charge in [0.05, 0.1) is 0 Å². The van der Waals surface area contributed by atoms with E-state index in [-0.39, 0.29) is 21.2 Å². The molecule has 0 spiro atoms. The van der Waals surface area contributed by atoms with E-state index >= 15 is 0 Å². The Morgan fingerprint density at radius 1 is 0.609 bits per heavy atom. The molecule has 1 heteroatoms. The standard InChI is InChI=1S/C22H30I/c1-2-3-4-5-6-7-8-10-13-20-16-18-22(19-17-20)23-21-14-11-9-12-15-21/h9,11-12,14-19H,2-8,10,13H2,1H3/q-1. The summed E-state index contributed by atoms with van der Waals surface area (Å²) in [4.78, 5) is 0. The second kappa shape index (κ2) is 11.7. The van der Waals surface area contributed by atoms with Gasteiger partial charge in [0, 0.05) is 0 Å². The summed E-state index contributed by atoms with van der Waals surface area (Å²) in [6.07, 6.45) is 12.5. The van der Waals surface area contributed by atoms with Gasteiger partial charge in [0.25, 0.3) is 0 Å². The predicted molar refractivity (Wildman–Crippen MR) is 96.6 cm³/mol. The van der Waals surface area contributed by atoms with Crippen molar-refractivity contribution in [1.82, 2.24) is 0 Å². The third-order valence-corrected chi connectivity index (χ3v) is 6.87. The number of benzene rings is 2. The molecule has 0 saturated heterocycles. The van der Waals surface area contributed by atoms with Crippen molar-refractivity contribution in [3.63, 3.8) is 0 Å². The van der Waals surface area contributed by atoms with E-state index in [0.717, 1.165) is 0 Å². The fourth-order valence-corrected chi connectivity index (χ4v) is 4.99. The summed E-state index contributed by atoms with van der Waals surface area (Å²) in [6.45, 7) is 2.28. The molecule has 0 aliphatic heterocycles. The normalized spacial score (nSPS) is 11.0. The summed E-state index contributed by atoms with van der Waals surface area (Å²) in [7, 11) is 0. The van der Waals surface area contributed by atoms with Gasteiger partial charge in [0.15, 0.2) is 0 Å². The fourth-order valence-electron chi connectivity index (χ4n) is 2.78. The van der Waals surface area contributed by atoms with Gasteiger partial charge >= 0.3 is 140 Å². The van der Waals surface area contributed by atoms with Gasteiger partial charge in [-0.3, -0.25) is 0 Å². The zero-order valence-electron chi connectivity index (χ0n) is 14.4. The summed E-state index contributed by atoms with van der Waals surface area (Å²) in [5.74, 6) is 0. The Hall–Kier alpha value is -0.830. The van der Waals surface area contributed by atoms with Crippen LogP contribution in [0.3, 0.4) is 0 Å². The van der Waals surface area contributed by atoms with Crippen molar-refractivity contribution in [2.75, 3.05) is 0 Å². The van der Waals surface area contributed by atoms with Crippen molar-refractivity contribution >= 4 is 0 Å². The van der Waals surface area contributed by atoms with Gasteiger partial charge in [-0.2, -0.15) is 0 Å². The Morgan fingerprint density at radius 3 is 1.83 bits per heavy atom. The zero-order valence-corrected chi connectivity index (χ0v) is 16.6. The number of halogens is 1. The predicted octanol–water partition coefficient (Wildman–Crippen LogP) is 3.50. The quantitative estimate of drug-likeness (QED) is 0.385. The molecule has 126 valence electrons. The van der Waals surface area contributed by atoms with Crippen LogP contribution in [0.1, 0.15) is 63.9 Å². The Labute approximate surface area is 153 Å². The molecular formula is C22H30I-. The molecule has 0 N–H and O–H groups in total. The van der Waals surface area contributed by atoms with Gasteiger partial charge < -0.3 is 0 Å². The SMILES string of the molecule is CCCCCCCCCCc1ccc([I-]c2ccccc2)cc1. The van der Waals surface area contributed by atoms with Crippen LogP contribution in [0.4, 0.5) is 0 Å². The van der Waals surface area contributed by atoms with Crippen molar-refractivity contribution in [3.8, 4) is 0 Å². The van der Waals surface area contributed by atoms with Crippen LogP contribution in [0.2, 0.25) is 0 Å². The van der Waals surface area contributed by atoms with Gasteiger partial charge in [0.2, 0.25) is 0 Å². The van der Waals surface area contributed by atoms with Gasteiger partial charge in [-0.1, -0.05) is 13.3 Å². The molecule has 0 fully saturated rings. The first-order chi connectivity index (χ1) is 11.4. The van der Waals surface area contributed by atoms with E-state index in [9.17, 15) is 0 Å². The topological polar surface area (TPSA) is 0 Å². The van der Waals surface area contributed by atoms with Crippen molar-refractivity contribution in [2.24, 2.45) is 0 Å². The number of unbranched alkanes of at least 4 members (excludes halogenated alkanes) is 7. The molecule has 0 atom stereocenters. The van der Waals surface area contributed by atoms with E-state index in [2.05, 4.69) is 61.5 Å². The molecule has 23 heavy (non-hydrogen) atoms. The maximum absolute atomic E-state index is 2.35. The number of hydrogen-bond donors (Lipinski definition) is 0. The third-order valence-electron chi connectivity index (χ3n) is 4.18. The molecule has 2 rings (SSSR count). The van der Waals surface area contributed by atoms with Crippen LogP contribution in [0, 0.1) is 7.14 Å². The third kappa shape index (κ3) is 8.01. The summed E-state index contributed by atoms with van der Waals surface area (Å²) >= 11 is -0.0116. The molecule has 0 heterocycles.